The highest BCUT2D eigenvalue weighted by Crippen LogP contribution is 2.40. The highest BCUT2D eigenvalue weighted by molar-refractivity contribution is 6.32. The standard InChI is InChI=1S/C22H20ClN7O2/c1-30-11-8-16(29-30)21-24-9-7-14(28-21)18-19(17-13(26-18)6-10-25-22(17)31)27-15-5-3-4-12(23)20(15)32-2/h3-5,7-9,11,26-27H,6,10H2,1-2H3,(H,25,31). The molecule has 0 saturated carbocycles. The predicted octanol–water partition coefficient (Wildman–Crippen LogP) is 3.56. The molecule has 1 amide bonds. The lowest BCUT2D eigenvalue weighted by atomic mass is 10.1. The lowest BCUT2D eigenvalue weighted by Gasteiger charge is -2.16. The van der Waals surface area contributed by atoms with Crippen molar-refractivity contribution < 1.29 is 9.53 Å². The summed E-state index contributed by atoms with van der Waals surface area (Å²) >= 11 is 6.31. The second-order valence-electron chi connectivity index (χ2n) is 7.32. The van der Waals surface area contributed by atoms with Crippen molar-refractivity contribution in [2.24, 2.45) is 7.05 Å². The van der Waals surface area contributed by atoms with Gasteiger partial charge in [0, 0.05) is 38.1 Å². The molecule has 0 fully saturated rings. The Morgan fingerprint density at radius 3 is 2.88 bits per heavy atom. The Hall–Kier alpha value is -3.85. The molecule has 1 aliphatic rings. The van der Waals surface area contributed by atoms with E-state index in [1.807, 2.05) is 31.4 Å². The number of carbonyl (C=O) groups excluding carboxylic acids is 1. The average Bonchev–Trinajstić information content (AvgIpc) is 3.39. The molecule has 0 atom stereocenters. The number of rotatable bonds is 5. The number of nitrogens with zero attached hydrogens (tertiary/aromatic N) is 4. The molecule has 3 aromatic heterocycles. The van der Waals surface area contributed by atoms with Crippen LogP contribution in [0.1, 0.15) is 16.1 Å². The lowest BCUT2D eigenvalue weighted by Crippen LogP contribution is -2.31. The molecule has 4 aromatic rings. The summed E-state index contributed by atoms with van der Waals surface area (Å²) in [6.45, 7) is 0.564. The number of nitrogens with one attached hydrogen (secondary N) is 3. The maximum Gasteiger partial charge on any atom is 0.255 e. The minimum absolute atomic E-state index is 0.156. The molecule has 162 valence electrons. The maximum atomic E-state index is 12.8. The van der Waals surface area contributed by atoms with Gasteiger partial charge in [0.2, 0.25) is 0 Å². The van der Waals surface area contributed by atoms with Gasteiger partial charge in [-0.2, -0.15) is 5.10 Å². The van der Waals surface area contributed by atoms with Crippen molar-refractivity contribution in [1.29, 1.82) is 0 Å². The third-order valence-electron chi connectivity index (χ3n) is 5.25. The molecule has 0 unspecified atom stereocenters. The van der Waals surface area contributed by atoms with Gasteiger partial charge in [-0.15, -0.1) is 0 Å². The summed E-state index contributed by atoms with van der Waals surface area (Å²) in [5, 5.41) is 11.1. The first-order valence-electron chi connectivity index (χ1n) is 10.0. The van der Waals surface area contributed by atoms with Crippen molar-refractivity contribution in [3.05, 3.63) is 59.0 Å². The Balaban J connectivity index is 1.66. The minimum atomic E-state index is -0.156. The summed E-state index contributed by atoms with van der Waals surface area (Å²) in [6.07, 6.45) is 4.19. The number of aromatic nitrogens is 5. The van der Waals surface area contributed by atoms with E-state index >= 15 is 0 Å². The van der Waals surface area contributed by atoms with E-state index in [1.54, 1.807) is 30.1 Å². The number of para-hydroxylation sites is 1. The fraction of sp³-hybridized carbons (Fsp3) is 0.182. The van der Waals surface area contributed by atoms with Crippen molar-refractivity contribution in [2.45, 2.75) is 6.42 Å². The Morgan fingerprint density at radius 2 is 2.09 bits per heavy atom. The van der Waals surface area contributed by atoms with Crippen LogP contribution in [0.2, 0.25) is 5.02 Å². The van der Waals surface area contributed by atoms with Crippen molar-refractivity contribution in [3.8, 4) is 28.7 Å². The van der Waals surface area contributed by atoms with Gasteiger partial charge in [0.05, 0.1) is 40.5 Å². The summed E-state index contributed by atoms with van der Waals surface area (Å²) < 4.78 is 7.18. The summed E-state index contributed by atoms with van der Waals surface area (Å²) in [4.78, 5) is 25.2. The van der Waals surface area contributed by atoms with Gasteiger partial charge in [-0.1, -0.05) is 17.7 Å². The lowest BCUT2D eigenvalue weighted by molar-refractivity contribution is 0.0947. The molecule has 5 rings (SSSR count). The van der Waals surface area contributed by atoms with E-state index < -0.39 is 0 Å². The molecule has 0 bridgehead atoms. The summed E-state index contributed by atoms with van der Waals surface area (Å²) in [5.74, 6) is 0.825. The van der Waals surface area contributed by atoms with E-state index in [-0.39, 0.29) is 5.91 Å². The third-order valence-corrected chi connectivity index (χ3v) is 5.55. The first kappa shape index (κ1) is 20.1. The molecule has 1 aromatic carbocycles. The fourth-order valence-corrected chi connectivity index (χ4v) is 4.05. The molecule has 0 radical (unpaired) electrons. The Bertz CT molecular complexity index is 1330. The quantitative estimate of drug-likeness (QED) is 0.429. The predicted molar refractivity (Wildman–Crippen MR) is 121 cm³/mol. The second kappa shape index (κ2) is 8.01. The summed E-state index contributed by atoms with van der Waals surface area (Å²) in [7, 11) is 3.39. The first-order valence-corrected chi connectivity index (χ1v) is 10.4. The van der Waals surface area contributed by atoms with E-state index in [0.29, 0.717) is 63.6 Å². The van der Waals surface area contributed by atoms with Crippen LogP contribution in [0, 0.1) is 0 Å². The van der Waals surface area contributed by atoms with E-state index in [0.717, 1.165) is 5.69 Å². The molecule has 10 heteroatoms. The van der Waals surface area contributed by atoms with Crippen LogP contribution in [0.3, 0.4) is 0 Å². The number of hydrogen-bond donors (Lipinski definition) is 3. The maximum absolute atomic E-state index is 12.8. The second-order valence-corrected chi connectivity index (χ2v) is 7.73. The van der Waals surface area contributed by atoms with Gasteiger partial charge in [0.1, 0.15) is 5.69 Å². The third kappa shape index (κ3) is 3.46. The average molecular weight is 450 g/mol. The van der Waals surface area contributed by atoms with Crippen LogP contribution in [0.5, 0.6) is 5.75 Å². The first-order chi connectivity index (χ1) is 15.5. The van der Waals surface area contributed by atoms with E-state index in [2.05, 4.69) is 25.7 Å². The van der Waals surface area contributed by atoms with Crippen LogP contribution in [0.15, 0.2) is 42.7 Å². The van der Waals surface area contributed by atoms with Crippen LogP contribution in [0.4, 0.5) is 11.4 Å². The summed E-state index contributed by atoms with van der Waals surface area (Å²) in [6, 6.07) is 9.05. The van der Waals surface area contributed by atoms with Crippen molar-refractivity contribution in [3.63, 3.8) is 0 Å². The van der Waals surface area contributed by atoms with Crippen LogP contribution >= 0.6 is 11.6 Å². The zero-order valence-corrected chi connectivity index (χ0v) is 18.2. The van der Waals surface area contributed by atoms with Gasteiger partial charge in [-0.05, 0) is 24.3 Å². The molecule has 0 spiro atoms. The number of H-pyrrole nitrogens is 1. The number of amides is 1. The number of benzene rings is 1. The number of aryl methyl sites for hydroxylation is 1. The fourth-order valence-electron chi connectivity index (χ4n) is 3.80. The number of aromatic amines is 1. The summed E-state index contributed by atoms with van der Waals surface area (Å²) in [5.41, 5.74) is 4.59. The molecular formula is C22H20ClN7O2. The Kier molecular flexibility index (Phi) is 5.02. The number of carbonyl (C=O) groups is 1. The zero-order valence-electron chi connectivity index (χ0n) is 17.4. The molecule has 32 heavy (non-hydrogen) atoms. The van der Waals surface area contributed by atoms with Crippen molar-refractivity contribution >= 4 is 28.9 Å². The number of halogens is 1. The normalized spacial score (nSPS) is 12.9. The molecular weight excluding hydrogens is 430 g/mol. The van der Waals surface area contributed by atoms with Gasteiger partial charge in [0.25, 0.3) is 5.91 Å². The van der Waals surface area contributed by atoms with Gasteiger partial charge in [0.15, 0.2) is 11.6 Å². The Labute approximate surface area is 188 Å². The minimum Gasteiger partial charge on any atom is -0.493 e. The largest absolute Gasteiger partial charge is 0.493 e. The van der Waals surface area contributed by atoms with Gasteiger partial charge in [-0.25, -0.2) is 9.97 Å². The van der Waals surface area contributed by atoms with Crippen molar-refractivity contribution in [2.75, 3.05) is 19.0 Å². The van der Waals surface area contributed by atoms with E-state index in [1.165, 1.54) is 0 Å². The van der Waals surface area contributed by atoms with E-state index in [9.17, 15) is 4.79 Å². The molecule has 3 N–H and O–H groups in total. The van der Waals surface area contributed by atoms with E-state index in [4.69, 9.17) is 21.3 Å². The topological polar surface area (TPSA) is 110 Å². The van der Waals surface area contributed by atoms with Gasteiger partial charge >= 0.3 is 0 Å². The smallest absolute Gasteiger partial charge is 0.255 e. The van der Waals surface area contributed by atoms with Crippen molar-refractivity contribution in [1.82, 2.24) is 30.0 Å². The number of methoxy groups -OCH3 is 1. The molecule has 0 aliphatic carbocycles. The monoisotopic (exact) mass is 449 g/mol. The van der Waals surface area contributed by atoms with Gasteiger partial charge < -0.3 is 20.4 Å². The molecule has 1 aliphatic heterocycles. The number of hydrogen-bond acceptors (Lipinski definition) is 6. The molecule has 9 nitrogen and oxygen atoms in total. The highest BCUT2D eigenvalue weighted by Gasteiger charge is 2.28. The number of ether oxygens (including phenoxy) is 1. The van der Waals surface area contributed by atoms with Crippen LogP contribution < -0.4 is 15.4 Å². The number of anilines is 2. The van der Waals surface area contributed by atoms with Crippen LogP contribution in [0.25, 0.3) is 22.9 Å². The Morgan fingerprint density at radius 1 is 1.22 bits per heavy atom. The van der Waals surface area contributed by atoms with Crippen LogP contribution in [-0.4, -0.2) is 44.3 Å². The SMILES string of the molecule is COc1c(Cl)cccc1Nc1c(-c2ccnc(-c3ccn(C)n3)n2)[nH]c2c1C(=O)NCC2. The zero-order chi connectivity index (χ0) is 22.2. The number of fused-ring (bicyclic) bond motifs is 1. The molecule has 4 heterocycles. The van der Waals surface area contributed by atoms with Gasteiger partial charge in [-0.3, -0.25) is 9.48 Å². The van der Waals surface area contributed by atoms with Crippen LogP contribution in [-0.2, 0) is 13.5 Å². The molecule has 0 saturated heterocycles. The highest BCUT2D eigenvalue weighted by atomic mass is 35.5.